The molecule has 5 heteroatoms. The Morgan fingerprint density at radius 3 is 2.56 bits per heavy atom. The van der Waals surface area contributed by atoms with E-state index in [0.29, 0.717) is 20.5 Å². The zero-order chi connectivity index (χ0) is 13.1. The van der Waals surface area contributed by atoms with E-state index in [1.165, 1.54) is 17.4 Å². The third-order valence-corrected chi connectivity index (χ3v) is 3.97. The lowest BCUT2D eigenvalue weighted by Gasteiger charge is -2.00. The van der Waals surface area contributed by atoms with Gasteiger partial charge in [-0.15, -0.1) is 11.3 Å². The second-order valence-electron chi connectivity index (χ2n) is 3.60. The van der Waals surface area contributed by atoms with Crippen LogP contribution in [0.4, 0.5) is 0 Å². The second-order valence-corrected chi connectivity index (χ2v) is 5.27. The van der Waals surface area contributed by atoms with Crippen molar-refractivity contribution in [1.82, 2.24) is 4.98 Å². The molecule has 0 aliphatic heterocycles. The zero-order valence-electron chi connectivity index (χ0n) is 9.48. The fourth-order valence-electron chi connectivity index (χ4n) is 1.44. The highest BCUT2D eigenvalue weighted by atomic mass is 35.5. The highest BCUT2D eigenvalue weighted by Gasteiger charge is 2.09. The largest absolute Gasteiger partial charge is 0.288 e. The Morgan fingerprint density at radius 1 is 1.33 bits per heavy atom. The number of carbonyl (C=O) groups excluding carboxylic acids is 1. The van der Waals surface area contributed by atoms with Crippen molar-refractivity contribution >= 4 is 46.4 Å². The molecule has 0 unspecified atom stereocenters. The van der Waals surface area contributed by atoms with Crippen LogP contribution in [-0.2, 0) is 0 Å². The highest BCUT2D eigenvalue weighted by molar-refractivity contribution is 7.12. The van der Waals surface area contributed by atoms with E-state index in [1.807, 2.05) is 0 Å². The SMILES string of the molecule is Cc1ncsc1C(=O)/C=C/c1c(Cl)cccc1Cl. The van der Waals surface area contributed by atoms with E-state index in [4.69, 9.17) is 23.2 Å². The van der Waals surface area contributed by atoms with Crippen LogP contribution in [0, 0.1) is 6.92 Å². The van der Waals surface area contributed by atoms with Gasteiger partial charge in [0.15, 0.2) is 5.78 Å². The summed E-state index contributed by atoms with van der Waals surface area (Å²) in [4.78, 5) is 16.6. The summed E-state index contributed by atoms with van der Waals surface area (Å²) in [6.45, 7) is 1.81. The fourth-order valence-corrected chi connectivity index (χ4v) is 2.69. The number of carbonyl (C=O) groups is 1. The summed E-state index contributed by atoms with van der Waals surface area (Å²) in [5.74, 6) is -0.0917. The molecule has 2 rings (SSSR count). The average Bonchev–Trinajstić information content (AvgIpc) is 2.74. The van der Waals surface area contributed by atoms with E-state index in [1.54, 1.807) is 36.7 Å². The number of rotatable bonds is 3. The molecule has 2 nitrogen and oxygen atoms in total. The Kier molecular flexibility index (Phi) is 4.17. The van der Waals surface area contributed by atoms with E-state index in [-0.39, 0.29) is 5.78 Å². The van der Waals surface area contributed by atoms with E-state index in [2.05, 4.69) is 4.98 Å². The van der Waals surface area contributed by atoms with Crippen molar-refractivity contribution in [2.75, 3.05) is 0 Å². The molecule has 0 N–H and O–H groups in total. The molecule has 1 aromatic carbocycles. The van der Waals surface area contributed by atoms with Crippen molar-refractivity contribution in [3.63, 3.8) is 0 Å². The number of ketones is 1. The van der Waals surface area contributed by atoms with Gasteiger partial charge in [-0.1, -0.05) is 29.3 Å². The Bertz CT molecular complexity index is 599. The first-order chi connectivity index (χ1) is 8.59. The summed E-state index contributed by atoms with van der Waals surface area (Å²) in [6.07, 6.45) is 3.10. The maximum absolute atomic E-state index is 11.9. The van der Waals surface area contributed by atoms with Gasteiger partial charge in [-0.05, 0) is 31.2 Å². The lowest BCUT2D eigenvalue weighted by Crippen LogP contribution is -1.93. The molecule has 0 radical (unpaired) electrons. The standard InChI is InChI=1S/C13H9Cl2NOS/c1-8-13(18-7-16-8)12(17)6-5-9-10(14)3-2-4-11(9)15/h2-7H,1H3/b6-5+. The molecule has 1 aromatic heterocycles. The third-order valence-electron chi connectivity index (χ3n) is 2.37. The minimum Gasteiger partial charge on any atom is -0.288 e. The summed E-state index contributed by atoms with van der Waals surface area (Å²) in [5, 5.41) is 1.04. The predicted molar refractivity (Wildman–Crippen MR) is 76.7 cm³/mol. The van der Waals surface area contributed by atoms with Gasteiger partial charge in [-0.2, -0.15) is 0 Å². The molecule has 0 aliphatic rings. The quantitative estimate of drug-likeness (QED) is 0.609. The summed E-state index contributed by atoms with van der Waals surface area (Å²) >= 11 is 13.3. The molecule has 0 atom stereocenters. The topological polar surface area (TPSA) is 30.0 Å². The van der Waals surface area contributed by atoms with Gasteiger partial charge in [0.05, 0.1) is 16.1 Å². The average molecular weight is 298 g/mol. The molecule has 18 heavy (non-hydrogen) atoms. The van der Waals surface area contributed by atoms with Crippen LogP contribution in [0.3, 0.4) is 0 Å². The summed E-state index contributed by atoms with van der Waals surface area (Å²) in [7, 11) is 0. The fraction of sp³-hybridized carbons (Fsp3) is 0.0769. The van der Waals surface area contributed by atoms with Crippen molar-refractivity contribution in [2.45, 2.75) is 6.92 Å². The smallest absolute Gasteiger partial charge is 0.197 e. The third kappa shape index (κ3) is 2.80. The predicted octanol–water partition coefficient (Wildman–Crippen LogP) is 4.65. The summed E-state index contributed by atoms with van der Waals surface area (Å²) in [6, 6.07) is 5.22. The van der Waals surface area contributed by atoms with Crippen LogP contribution in [0.2, 0.25) is 10.0 Å². The van der Waals surface area contributed by atoms with Crippen molar-refractivity contribution < 1.29 is 4.79 Å². The first kappa shape index (κ1) is 13.3. The number of aromatic nitrogens is 1. The number of hydrogen-bond donors (Lipinski definition) is 0. The molecule has 0 aliphatic carbocycles. The molecule has 0 amide bonds. The molecule has 2 aromatic rings. The van der Waals surface area contributed by atoms with Gasteiger partial charge in [0.2, 0.25) is 0 Å². The van der Waals surface area contributed by atoms with E-state index >= 15 is 0 Å². The van der Waals surface area contributed by atoms with Gasteiger partial charge >= 0.3 is 0 Å². The Labute approximate surface area is 119 Å². The maximum Gasteiger partial charge on any atom is 0.197 e. The summed E-state index contributed by atoms with van der Waals surface area (Å²) < 4.78 is 0. The van der Waals surface area contributed by atoms with E-state index in [0.717, 1.165) is 5.69 Å². The van der Waals surface area contributed by atoms with Gasteiger partial charge in [-0.25, -0.2) is 4.98 Å². The van der Waals surface area contributed by atoms with Gasteiger partial charge in [0.1, 0.15) is 0 Å². The molecule has 0 saturated heterocycles. The number of allylic oxidation sites excluding steroid dienone is 1. The molecule has 1 heterocycles. The minimum absolute atomic E-state index is 0.0917. The molecular weight excluding hydrogens is 289 g/mol. The molecule has 0 saturated carbocycles. The van der Waals surface area contributed by atoms with Gasteiger partial charge < -0.3 is 0 Å². The van der Waals surface area contributed by atoms with Crippen LogP contribution >= 0.6 is 34.5 Å². The number of halogens is 2. The van der Waals surface area contributed by atoms with Crippen LogP contribution in [0.25, 0.3) is 6.08 Å². The summed E-state index contributed by atoms with van der Waals surface area (Å²) in [5.41, 5.74) is 3.04. The molecule has 0 spiro atoms. The molecule has 92 valence electrons. The molecule has 0 bridgehead atoms. The van der Waals surface area contributed by atoms with E-state index < -0.39 is 0 Å². The second kappa shape index (κ2) is 5.65. The van der Waals surface area contributed by atoms with Crippen molar-refractivity contribution in [1.29, 1.82) is 0 Å². The van der Waals surface area contributed by atoms with E-state index in [9.17, 15) is 4.79 Å². The number of aryl methyl sites for hydroxylation is 1. The number of thiazole rings is 1. The zero-order valence-corrected chi connectivity index (χ0v) is 11.8. The molecular formula is C13H9Cl2NOS. The van der Waals surface area contributed by atoms with Crippen molar-refractivity contribution in [2.24, 2.45) is 0 Å². The lowest BCUT2D eigenvalue weighted by molar-refractivity contribution is 0.105. The van der Waals surface area contributed by atoms with Crippen molar-refractivity contribution in [3.8, 4) is 0 Å². The molecule has 0 fully saturated rings. The number of nitrogens with zero attached hydrogens (tertiary/aromatic N) is 1. The first-order valence-electron chi connectivity index (χ1n) is 5.16. The van der Waals surface area contributed by atoms with Gasteiger partial charge in [0.25, 0.3) is 0 Å². The van der Waals surface area contributed by atoms with Crippen molar-refractivity contribution in [3.05, 3.63) is 56.0 Å². The normalized spacial score (nSPS) is 11.1. The minimum atomic E-state index is -0.0917. The van der Waals surface area contributed by atoms with Crippen LogP contribution < -0.4 is 0 Å². The Morgan fingerprint density at radius 2 is 2.00 bits per heavy atom. The Hall–Kier alpha value is -1.16. The lowest BCUT2D eigenvalue weighted by atomic mass is 10.1. The maximum atomic E-state index is 11.9. The van der Waals surface area contributed by atoms with Crippen LogP contribution in [0.5, 0.6) is 0 Å². The van der Waals surface area contributed by atoms with Crippen LogP contribution in [-0.4, -0.2) is 10.8 Å². The van der Waals surface area contributed by atoms with Crippen LogP contribution in [0.15, 0.2) is 29.8 Å². The number of benzene rings is 1. The first-order valence-corrected chi connectivity index (χ1v) is 6.79. The van der Waals surface area contributed by atoms with Gasteiger partial charge in [0, 0.05) is 15.6 Å². The highest BCUT2D eigenvalue weighted by Crippen LogP contribution is 2.26. The number of hydrogen-bond acceptors (Lipinski definition) is 3. The van der Waals surface area contributed by atoms with Gasteiger partial charge in [-0.3, -0.25) is 4.79 Å². The van der Waals surface area contributed by atoms with Crippen LogP contribution in [0.1, 0.15) is 20.9 Å². The monoisotopic (exact) mass is 297 g/mol. The Balaban J connectivity index is 2.27.